The highest BCUT2D eigenvalue weighted by Gasteiger charge is 2.29. The second-order valence-electron chi connectivity index (χ2n) is 10.3. The number of aromatic nitrogens is 2. The maximum atomic E-state index is 13.1. The van der Waals surface area contributed by atoms with Crippen LogP contribution in [0.25, 0.3) is 5.82 Å². The van der Waals surface area contributed by atoms with Gasteiger partial charge in [-0.05, 0) is 112 Å². The number of fused-ring (bicyclic) bond motifs is 1. The zero-order chi connectivity index (χ0) is 26.0. The van der Waals surface area contributed by atoms with Gasteiger partial charge in [0.1, 0.15) is 23.3 Å². The first-order valence-corrected chi connectivity index (χ1v) is 13.3. The van der Waals surface area contributed by atoms with Crippen molar-refractivity contribution in [3.63, 3.8) is 0 Å². The summed E-state index contributed by atoms with van der Waals surface area (Å²) in [4.78, 5) is 19.2. The van der Waals surface area contributed by atoms with Gasteiger partial charge in [0.05, 0.1) is 19.2 Å². The molecule has 1 amide bonds. The fourth-order valence-corrected chi connectivity index (χ4v) is 4.96. The number of ether oxygens (including phenoxy) is 2. The number of aryl methyl sites for hydroxylation is 3. The van der Waals surface area contributed by atoms with Crippen molar-refractivity contribution in [1.82, 2.24) is 14.5 Å². The zero-order valence-electron chi connectivity index (χ0n) is 21.5. The molecule has 192 valence electrons. The number of carbonyl (C=O) groups is 1. The average Bonchev–Trinajstić information content (AvgIpc) is 3.15. The number of benzene rings is 1. The summed E-state index contributed by atoms with van der Waals surface area (Å²) >= 11 is 2.30. The van der Waals surface area contributed by atoms with Gasteiger partial charge >= 0.3 is 6.09 Å². The quantitative estimate of drug-likeness (QED) is 0.363. The molecule has 2 atom stereocenters. The van der Waals surface area contributed by atoms with E-state index in [1.165, 1.54) is 9.13 Å². The molecular weight excluding hydrogens is 569 g/mol. The minimum Gasteiger partial charge on any atom is -0.488 e. The number of rotatable bonds is 6. The van der Waals surface area contributed by atoms with Gasteiger partial charge in [-0.1, -0.05) is 6.07 Å². The molecule has 1 N–H and O–H groups in total. The lowest BCUT2D eigenvalue weighted by Gasteiger charge is -2.33. The van der Waals surface area contributed by atoms with E-state index in [0.717, 1.165) is 35.8 Å². The molecule has 4 rings (SSSR count). The minimum atomic E-state index is -0.914. The fraction of sp³-hybridized carbons (Fsp3) is 0.429. The van der Waals surface area contributed by atoms with Crippen molar-refractivity contribution >= 4 is 28.7 Å². The Morgan fingerprint density at radius 3 is 2.58 bits per heavy atom. The summed E-state index contributed by atoms with van der Waals surface area (Å²) in [6.07, 6.45) is 1.77. The van der Waals surface area contributed by atoms with Crippen molar-refractivity contribution in [1.29, 1.82) is 0 Å². The second-order valence-corrected chi connectivity index (χ2v) is 11.6. The van der Waals surface area contributed by atoms with E-state index in [9.17, 15) is 9.90 Å². The molecule has 0 aliphatic carbocycles. The zero-order valence-corrected chi connectivity index (χ0v) is 23.7. The Hall–Kier alpha value is -2.59. The summed E-state index contributed by atoms with van der Waals surface area (Å²) in [5.74, 6) is 1.64. The molecule has 36 heavy (non-hydrogen) atoms. The molecule has 1 aliphatic heterocycles. The highest BCUT2D eigenvalue weighted by atomic mass is 127. The van der Waals surface area contributed by atoms with Gasteiger partial charge in [-0.3, -0.25) is 0 Å². The summed E-state index contributed by atoms with van der Waals surface area (Å²) in [5.41, 5.74) is 3.36. The van der Waals surface area contributed by atoms with Crippen LogP contribution >= 0.6 is 22.6 Å². The van der Waals surface area contributed by atoms with Crippen molar-refractivity contribution in [2.75, 3.05) is 13.1 Å². The largest absolute Gasteiger partial charge is 0.488 e. The summed E-state index contributed by atoms with van der Waals surface area (Å²) in [5, 5.41) is 11.0. The minimum absolute atomic E-state index is 0.0803. The molecule has 3 heterocycles. The van der Waals surface area contributed by atoms with Gasteiger partial charge in [-0.2, -0.15) is 0 Å². The number of hydrogen-bond acceptors (Lipinski definition) is 5. The Morgan fingerprint density at radius 1 is 1.22 bits per heavy atom. The highest BCUT2D eigenvalue weighted by Crippen LogP contribution is 2.30. The van der Waals surface area contributed by atoms with Gasteiger partial charge in [0.2, 0.25) is 0 Å². The Labute approximate surface area is 226 Å². The lowest BCUT2D eigenvalue weighted by molar-refractivity contribution is 0.00364. The Bertz CT molecular complexity index is 1200. The second kappa shape index (κ2) is 10.8. The first kappa shape index (κ1) is 26.5. The standard InChI is InChI=1S/C28H34IN3O4/c1-18-6-7-19(2)32(18)26-13-9-21(15-30-26)24(33)17-31(27(34)36-28(3,4)5)16-23-11-8-20-14-22(29)10-12-25(20)35-23/h6-7,9-10,12-15,23-24,33H,8,11,16-17H2,1-5H3. The van der Waals surface area contributed by atoms with Crippen LogP contribution in [0.4, 0.5) is 4.79 Å². The number of nitrogens with zero attached hydrogens (tertiary/aromatic N) is 3. The monoisotopic (exact) mass is 603 g/mol. The Balaban J connectivity index is 1.49. The molecule has 0 radical (unpaired) electrons. The van der Waals surface area contributed by atoms with Crippen LogP contribution in [-0.2, 0) is 11.2 Å². The summed E-state index contributed by atoms with van der Waals surface area (Å²) in [6, 6.07) is 14.0. The molecule has 0 spiro atoms. The first-order valence-electron chi connectivity index (χ1n) is 12.2. The van der Waals surface area contributed by atoms with Crippen LogP contribution in [0, 0.1) is 17.4 Å². The topological polar surface area (TPSA) is 76.8 Å². The molecule has 1 aliphatic rings. The third-order valence-corrected chi connectivity index (χ3v) is 6.85. The number of carbonyl (C=O) groups excluding carboxylic acids is 1. The molecule has 8 heteroatoms. The predicted molar refractivity (Wildman–Crippen MR) is 148 cm³/mol. The van der Waals surface area contributed by atoms with E-state index < -0.39 is 17.8 Å². The molecule has 0 bridgehead atoms. The van der Waals surface area contributed by atoms with Gasteiger partial charge in [0.15, 0.2) is 0 Å². The summed E-state index contributed by atoms with van der Waals surface area (Å²) in [6.45, 7) is 9.97. The van der Waals surface area contributed by atoms with E-state index in [1.54, 1.807) is 11.1 Å². The summed E-state index contributed by atoms with van der Waals surface area (Å²) in [7, 11) is 0. The van der Waals surface area contributed by atoms with Crippen LogP contribution in [-0.4, -0.2) is 50.4 Å². The Morgan fingerprint density at radius 2 is 1.94 bits per heavy atom. The van der Waals surface area contributed by atoms with E-state index >= 15 is 0 Å². The average molecular weight is 604 g/mol. The first-order chi connectivity index (χ1) is 17.0. The van der Waals surface area contributed by atoms with Crippen molar-refractivity contribution in [2.24, 2.45) is 0 Å². The maximum absolute atomic E-state index is 13.1. The van der Waals surface area contributed by atoms with Crippen LogP contribution in [0.2, 0.25) is 0 Å². The van der Waals surface area contributed by atoms with Crippen LogP contribution in [0.15, 0.2) is 48.7 Å². The number of aliphatic hydroxyl groups excluding tert-OH is 1. The number of aliphatic hydroxyl groups is 1. The van der Waals surface area contributed by atoms with Crippen molar-refractivity contribution < 1.29 is 19.4 Å². The normalized spacial score (nSPS) is 16.1. The molecule has 0 saturated heterocycles. The molecular formula is C28H34IN3O4. The third kappa shape index (κ3) is 6.39. The molecule has 7 nitrogen and oxygen atoms in total. The number of pyridine rings is 1. The highest BCUT2D eigenvalue weighted by molar-refractivity contribution is 14.1. The molecule has 2 aromatic heterocycles. The number of hydrogen-bond donors (Lipinski definition) is 1. The van der Waals surface area contributed by atoms with Crippen molar-refractivity contribution in [2.45, 2.75) is 65.3 Å². The molecule has 1 aromatic carbocycles. The summed E-state index contributed by atoms with van der Waals surface area (Å²) < 4.78 is 15.1. The van der Waals surface area contributed by atoms with Gasteiger partial charge in [0, 0.05) is 26.7 Å². The van der Waals surface area contributed by atoms with E-state index in [1.807, 2.05) is 71.0 Å². The van der Waals surface area contributed by atoms with Gasteiger partial charge in [0.25, 0.3) is 0 Å². The van der Waals surface area contributed by atoms with Crippen LogP contribution in [0.3, 0.4) is 0 Å². The molecule has 0 fully saturated rings. The van der Waals surface area contributed by atoms with Crippen LogP contribution in [0.5, 0.6) is 5.75 Å². The fourth-order valence-electron chi connectivity index (χ4n) is 4.41. The maximum Gasteiger partial charge on any atom is 0.410 e. The van der Waals surface area contributed by atoms with Gasteiger partial charge < -0.3 is 24.0 Å². The van der Waals surface area contributed by atoms with E-state index in [2.05, 4.69) is 38.2 Å². The van der Waals surface area contributed by atoms with E-state index in [0.29, 0.717) is 12.1 Å². The number of amides is 1. The lowest BCUT2D eigenvalue weighted by atomic mass is 10.0. The van der Waals surface area contributed by atoms with Gasteiger partial charge in [-0.15, -0.1) is 0 Å². The lowest BCUT2D eigenvalue weighted by Crippen LogP contribution is -2.45. The smallest absolute Gasteiger partial charge is 0.410 e. The molecule has 2 unspecified atom stereocenters. The number of halogens is 1. The third-order valence-electron chi connectivity index (χ3n) is 6.18. The molecule has 3 aromatic rings. The van der Waals surface area contributed by atoms with Crippen molar-refractivity contribution in [3.8, 4) is 11.6 Å². The molecule has 0 saturated carbocycles. The Kier molecular flexibility index (Phi) is 7.94. The predicted octanol–water partition coefficient (Wildman–Crippen LogP) is 5.76. The van der Waals surface area contributed by atoms with Gasteiger partial charge in [-0.25, -0.2) is 9.78 Å². The van der Waals surface area contributed by atoms with E-state index in [4.69, 9.17) is 9.47 Å². The van der Waals surface area contributed by atoms with Crippen molar-refractivity contribution in [3.05, 3.63) is 74.7 Å². The SMILES string of the molecule is Cc1ccc(C)n1-c1ccc(C(O)CN(CC2CCc3cc(I)ccc3O2)C(=O)OC(C)(C)C)cn1. The van der Waals surface area contributed by atoms with Crippen LogP contribution in [0.1, 0.15) is 55.8 Å². The van der Waals surface area contributed by atoms with E-state index in [-0.39, 0.29) is 12.6 Å². The van der Waals surface area contributed by atoms with Crippen LogP contribution < -0.4 is 4.74 Å².